The number of hydrogen-bond donors (Lipinski definition) is 2. The fraction of sp³-hybridized carbons (Fsp3) is 0.111. The molecule has 8 heteroatoms. The molecule has 0 radical (unpaired) electrons. The molecule has 0 aliphatic carbocycles. The van der Waals surface area contributed by atoms with Gasteiger partial charge in [0.2, 0.25) is 15.9 Å². The smallest absolute Gasteiger partial charge is 0.255 e. The van der Waals surface area contributed by atoms with E-state index in [1.54, 1.807) is 30.5 Å². The Bertz CT molecular complexity index is 1030. The molecule has 0 unspecified atom stereocenters. The van der Waals surface area contributed by atoms with Crippen LogP contribution >= 0.6 is 0 Å². The van der Waals surface area contributed by atoms with E-state index in [0.29, 0.717) is 22.8 Å². The Morgan fingerprint density at radius 2 is 1.77 bits per heavy atom. The molecule has 26 heavy (non-hydrogen) atoms. The number of nitrogens with one attached hydrogen (secondary N) is 2. The first-order valence-electron chi connectivity index (χ1n) is 7.71. The van der Waals surface area contributed by atoms with Crippen molar-refractivity contribution in [1.82, 2.24) is 4.98 Å². The molecule has 1 heterocycles. The van der Waals surface area contributed by atoms with Crippen LogP contribution in [0.1, 0.15) is 15.9 Å². The van der Waals surface area contributed by atoms with Crippen LogP contribution in [-0.4, -0.2) is 25.6 Å². The van der Waals surface area contributed by atoms with Crippen molar-refractivity contribution in [2.24, 2.45) is 0 Å². The van der Waals surface area contributed by atoms with Crippen molar-refractivity contribution in [1.29, 1.82) is 0 Å². The van der Waals surface area contributed by atoms with Gasteiger partial charge < -0.3 is 9.73 Å². The van der Waals surface area contributed by atoms with E-state index >= 15 is 0 Å². The normalized spacial score (nSPS) is 11.2. The molecule has 0 spiro atoms. The van der Waals surface area contributed by atoms with Crippen molar-refractivity contribution in [2.75, 3.05) is 16.3 Å². The maximum atomic E-state index is 12.4. The van der Waals surface area contributed by atoms with Gasteiger partial charge in [0.25, 0.3) is 5.91 Å². The summed E-state index contributed by atoms with van der Waals surface area (Å²) < 4.78 is 30.1. The Kier molecular flexibility index (Phi) is 4.77. The average Bonchev–Trinajstić information content (AvgIpc) is 3.10. The number of carbonyl (C=O) groups is 1. The van der Waals surface area contributed by atoms with Gasteiger partial charge in [-0.15, -0.1) is 0 Å². The summed E-state index contributed by atoms with van der Waals surface area (Å²) >= 11 is 0. The highest BCUT2D eigenvalue weighted by Gasteiger charge is 2.11. The zero-order chi connectivity index (χ0) is 18.7. The highest BCUT2D eigenvalue weighted by atomic mass is 32.2. The van der Waals surface area contributed by atoms with E-state index < -0.39 is 10.0 Å². The van der Waals surface area contributed by atoms with E-state index in [-0.39, 0.29) is 5.91 Å². The molecule has 1 aromatic heterocycles. The Morgan fingerprint density at radius 1 is 1.08 bits per heavy atom. The van der Waals surface area contributed by atoms with Gasteiger partial charge >= 0.3 is 0 Å². The highest BCUT2D eigenvalue weighted by Crippen LogP contribution is 2.25. The third-order valence-corrected chi connectivity index (χ3v) is 4.21. The molecule has 0 saturated heterocycles. The number of amides is 1. The average molecular weight is 371 g/mol. The van der Waals surface area contributed by atoms with Crippen molar-refractivity contribution in [2.45, 2.75) is 6.92 Å². The highest BCUT2D eigenvalue weighted by molar-refractivity contribution is 7.92. The summed E-state index contributed by atoms with van der Waals surface area (Å²) in [6.07, 6.45) is 4.12. The predicted octanol–water partition coefficient (Wildman–Crippen LogP) is 3.27. The van der Waals surface area contributed by atoms with Crippen LogP contribution in [0.3, 0.4) is 0 Å². The molecule has 7 nitrogen and oxygen atoms in total. The molecule has 3 rings (SSSR count). The zero-order valence-corrected chi connectivity index (χ0v) is 15.0. The molecule has 0 bridgehead atoms. The van der Waals surface area contributed by atoms with Gasteiger partial charge in [0.1, 0.15) is 6.26 Å². The fourth-order valence-electron chi connectivity index (χ4n) is 2.39. The second-order valence-corrected chi connectivity index (χ2v) is 7.52. The number of oxazole rings is 1. The number of benzene rings is 2. The molecular weight excluding hydrogens is 354 g/mol. The molecule has 2 N–H and O–H groups in total. The predicted molar refractivity (Wildman–Crippen MR) is 99.5 cm³/mol. The second-order valence-electron chi connectivity index (χ2n) is 5.77. The summed E-state index contributed by atoms with van der Waals surface area (Å²) in [4.78, 5) is 16.5. The number of aromatic nitrogens is 1. The molecule has 2 aromatic carbocycles. The first-order chi connectivity index (χ1) is 12.3. The first kappa shape index (κ1) is 17.7. The molecule has 0 saturated carbocycles. The molecular formula is C18H17N3O4S. The summed E-state index contributed by atoms with van der Waals surface area (Å²) in [6, 6.07) is 11.6. The van der Waals surface area contributed by atoms with Gasteiger partial charge in [-0.3, -0.25) is 9.52 Å². The van der Waals surface area contributed by atoms with Gasteiger partial charge in [0, 0.05) is 22.5 Å². The monoisotopic (exact) mass is 371 g/mol. The summed E-state index contributed by atoms with van der Waals surface area (Å²) in [6.45, 7) is 1.93. The lowest BCUT2D eigenvalue weighted by molar-refractivity contribution is 0.102. The molecule has 134 valence electrons. The van der Waals surface area contributed by atoms with Crippen LogP contribution in [0.25, 0.3) is 11.5 Å². The number of rotatable bonds is 5. The summed E-state index contributed by atoms with van der Waals surface area (Å²) in [7, 11) is -3.35. The SMILES string of the molecule is Cc1ccc(NC(=O)c2ccc(NS(C)(=O)=O)cc2)cc1-c1ncco1. The summed E-state index contributed by atoms with van der Waals surface area (Å²) in [5, 5.41) is 2.81. The van der Waals surface area contributed by atoms with E-state index in [0.717, 1.165) is 17.4 Å². The molecule has 3 aromatic rings. The Hall–Kier alpha value is -3.13. The van der Waals surface area contributed by atoms with Gasteiger partial charge in [-0.1, -0.05) is 6.07 Å². The quantitative estimate of drug-likeness (QED) is 0.717. The van der Waals surface area contributed by atoms with Gasteiger partial charge in [0.05, 0.1) is 12.5 Å². The number of anilines is 2. The minimum atomic E-state index is -3.35. The minimum Gasteiger partial charge on any atom is -0.445 e. The van der Waals surface area contributed by atoms with E-state index in [4.69, 9.17) is 4.42 Å². The van der Waals surface area contributed by atoms with Crippen LogP contribution in [-0.2, 0) is 10.0 Å². The van der Waals surface area contributed by atoms with Crippen LogP contribution in [0.15, 0.2) is 59.3 Å². The largest absolute Gasteiger partial charge is 0.445 e. The van der Waals surface area contributed by atoms with Crippen LogP contribution in [0.4, 0.5) is 11.4 Å². The van der Waals surface area contributed by atoms with Crippen LogP contribution in [0.5, 0.6) is 0 Å². The van der Waals surface area contributed by atoms with E-state index in [9.17, 15) is 13.2 Å². The van der Waals surface area contributed by atoms with Crippen molar-refractivity contribution in [3.8, 4) is 11.5 Å². The van der Waals surface area contributed by atoms with Gasteiger partial charge in [0.15, 0.2) is 0 Å². The lowest BCUT2D eigenvalue weighted by atomic mass is 10.1. The second kappa shape index (κ2) is 7.01. The number of nitrogens with zero attached hydrogens (tertiary/aromatic N) is 1. The number of hydrogen-bond acceptors (Lipinski definition) is 5. The van der Waals surface area contributed by atoms with Crippen molar-refractivity contribution in [3.05, 3.63) is 66.1 Å². The zero-order valence-electron chi connectivity index (χ0n) is 14.2. The lowest BCUT2D eigenvalue weighted by Gasteiger charge is -2.09. The van der Waals surface area contributed by atoms with E-state index in [1.807, 2.05) is 13.0 Å². The molecule has 0 atom stereocenters. The van der Waals surface area contributed by atoms with Gasteiger partial charge in [-0.25, -0.2) is 13.4 Å². The standard InChI is InChI=1S/C18H17N3O4S/c1-12-3-6-15(11-16(12)18-19-9-10-25-18)20-17(22)13-4-7-14(8-5-13)21-26(2,23)24/h3-11,21H,1-2H3,(H,20,22). The van der Waals surface area contributed by atoms with E-state index in [2.05, 4.69) is 15.0 Å². The molecule has 1 amide bonds. The third kappa shape index (κ3) is 4.28. The maximum Gasteiger partial charge on any atom is 0.255 e. The van der Waals surface area contributed by atoms with Crippen molar-refractivity contribution < 1.29 is 17.6 Å². The van der Waals surface area contributed by atoms with Gasteiger partial charge in [-0.2, -0.15) is 0 Å². The third-order valence-electron chi connectivity index (χ3n) is 3.61. The summed E-state index contributed by atoms with van der Waals surface area (Å²) in [5.41, 5.74) is 3.17. The van der Waals surface area contributed by atoms with Crippen molar-refractivity contribution >= 4 is 27.3 Å². The number of aryl methyl sites for hydroxylation is 1. The van der Waals surface area contributed by atoms with E-state index in [1.165, 1.54) is 18.4 Å². The molecule has 0 aliphatic heterocycles. The van der Waals surface area contributed by atoms with Crippen molar-refractivity contribution in [3.63, 3.8) is 0 Å². The Balaban J connectivity index is 1.77. The van der Waals surface area contributed by atoms with Crippen LogP contribution < -0.4 is 10.0 Å². The fourth-order valence-corrected chi connectivity index (χ4v) is 2.96. The minimum absolute atomic E-state index is 0.307. The lowest BCUT2D eigenvalue weighted by Crippen LogP contribution is -2.13. The maximum absolute atomic E-state index is 12.4. The molecule has 0 fully saturated rings. The topological polar surface area (TPSA) is 101 Å². The van der Waals surface area contributed by atoms with Gasteiger partial charge in [-0.05, 0) is 48.9 Å². The van der Waals surface area contributed by atoms with Crippen LogP contribution in [0.2, 0.25) is 0 Å². The first-order valence-corrected chi connectivity index (χ1v) is 9.61. The number of carbonyl (C=O) groups excluding carboxylic acids is 1. The Morgan fingerprint density at radius 3 is 2.38 bits per heavy atom. The van der Waals surface area contributed by atoms with Crippen LogP contribution in [0, 0.1) is 6.92 Å². The summed E-state index contributed by atoms with van der Waals surface area (Å²) in [5.74, 6) is 0.174. The molecule has 0 aliphatic rings. The Labute approximate surface area is 151 Å². The number of sulfonamides is 1.